The summed E-state index contributed by atoms with van der Waals surface area (Å²) in [5.74, 6) is -0.711. The Kier molecular flexibility index (Phi) is 3.40. The summed E-state index contributed by atoms with van der Waals surface area (Å²) in [4.78, 5) is 31.3. The molecule has 7 unspecified atom stereocenters. The minimum atomic E-state index is -1.45. The largest absolute Gasteiger partial charge is 0.503 e. The van der Waals surface area contributed by atoms with Crippen molar-refractivity contribution in [1.29, 1.82) is 0 Å². The molecule has 5 saturated heterocycles. The fourth-order valence-electron chi connectivity index (χ4n) is 7.72. The molecule has 6 heterocycles. The summed E-state index contributed by atoms with van der Waals surface area (Å²) in [6, 6.07) is 2.82. The van der Waals surface area contributed by atoms with Crippen molar-refractivity contribution in [2.24, 2.45) is 5.92 Å². The summed E-state index contributed by atoms with van der Waals surface area (Å²) in [5, 5.41) is 23.4. The lowest BCUT2D eigenvalue weighted by Crippen LogP contribution is -2.74. The first kappa shape index (κ1) is 19.3. The number of aliphatic hydroxyl groups is 1. The summed E-state index contributed by atoms with van der Waals surface area (Å²) in [7, 11) is 3.43. The van der Waals surface area contributed by atoms with Gasteiger partial charge in [-0.3, -0.25) is 9.59 Å². The Morgan fingerprint density at radius 3 is 2.88 bits per heavy atom. The van der Waals surface area contributed by atoms with Crippen molar-refractivity contribution in [1.82, 2.24) is 4.90 Å². The highest BCUT2D eigenvalue weighted by molar-refractivity contribution is 6.08. The molecule has 2 N–H and O–H groups in total. The number of hydrogen-bond acceptors (Lipinski definition) is 8. The predicted molar refractivity (Wildman–Crippen MR) is 110 cm³/mol. The number of ether oxygens (including phenoxy) is 3. The van der Waals surface area contributed by atoms with Crippen LogP contribution >= 0.6 is 0 Å². The van der Waals surface area contributed by atoms with Crippen LogP contribution in [0.2, 0.25) is 0 Å². The Balaban J connectivity index is 1.56. The van der Waals surface area contributed by atoms with Gasteiger partial charge in [-0.1, -0.05) is 6.07 Å². The Morgan fingerprint density at radius 1 is 1.28 bits per heavy atom. The zero-order valence-electron chi connectivity index (χ0n) is 18.0. The summed E-state index contributed by atoms with van der Waals surface area (Å²) in [6.45, 7) is 1.40. The Labute approximate surface area is 184 Å². The van der Waals surface area contributed by atoms with E-state index < -0.39 is 34.7 Å². The predicted octanol–water partition coefficient (Wildman–Crippen LogP) is -0.0505. The van der Waals surface area contributed by atoms with E-state index in [-0.39, 0.29) is 42.1 Å². The molecule has 2 spiro atoms. The molecule has 9 nitrogen and oxygen atoms in total. The van der Waals surface area contributed by atoms with Crippen LogP contribution < -0.4 is 9.64 Å². The van der Waals surface area contributed by atoms with Crippen molar-refractivity contribution in [3.63, 3.8) is 0 Å². The number of benzene rings is 1. The standard InChI is InChI=1S/C23H26N2O7/c1-24-6-5-21-11-3-4-12(30-2)19(28)18(11)25-16(27)7-13-17(20(21)25)22(29,8-14(21)26)23(10-24)15(32-23)9-31-13/h3-4,13,15,17,20,28-29H,5-10H2,1-2H3. The number of ketones is 1. The van der Waals surface area contributed by atoms with Crippen molar-refractivity contribution in [3.05, 3.63) is 17.7 Å². The van der Waals surface area contributed by atoms with Crippen molar-refractivity contribution in [2.45, 2.75) is 54.1 Å². The second-order valence-corrected chi connectivity index (χ2v) is 10.3. The lowest BCUT2D eigenvalue weighted by molar-refractivity contribution is -0.182. The van der Waals surface area contributed by atoms with E-state index in [0.29, 0.717) is 37.4 Å². The molecule has 4 bridgehead atoms. The minimum Gasteiger partial charge on any atom is -0.503 e. The molecule has 6 aliphatic heterocycles. The maximum absolute atomic E-state index is 14.1. The Bertz CT molecular complexity index is 1090. The Hall–Kier alpha value is -2.20. The number of piperidine rings is 1. The Morgan fingerprint density at radius 2 is 2.09 bits per heavy atom. The van der Waals surface area contributed by atoms with Crippen LogP contribution in [0.25, 0.3) is 0 Å². The number of Topliss-reactive ketones (excluding diaryl/α,β-unsaturated/α-hetero) is 1. The molecule has 6 fully saturated rings. The first-order chi connectivity index (χ1) is 15.3. The van der Waals surface area contributed by atoms with Crippen molar-refractivity contribution in [2.75, 3.05) is 38.8 Å². The summed E-state index contributed by atoms with van der Waals surface area (Å²) < 4.78 is 17.6. The van der Waals surface area contributed by atoms with Gasteiger partial charge in [-0.15, -0.1) is 0 Å². The van der Waals surface area contributed by atoms with Crippen molar-refractivity contribution >= 4 is 17.4 Å². The number of carbonyl (C=O) groups is 2. The van der Waals surface area contributed by atoms with Crippen molar-refractivity contribution < 1.29 is 34.0 Å². The molecule has 1 amide bonds. The van der Waals surface area contributed by atoms with E-state index >= 15 is 0 Å². The van der Waals surface area contributed by atoms with E-state index in [4.69, 9.17) is 14.2 Å². The van der Waals surface area contributed by atoms with Gasteiger partial charge in [-0.25, -0.2) is 0 Å². The van der Waals surface area contributed by atoms with Crippen LogP contribution in [-0.2, 0) is 24.5 Å². The zero-order valence-corrected chi connectivity index (χ0v) is 18.0. The first-order valence-corrected chi connectivity index (χ1v) is 11.2. The number of anilines is 1. The smallest absolute Gasteiger partial charge is 0.230 e. The molecule has 0 radical (unpaired) electrons. The molecule has 7 atom stereocenters. The molecule has 7 aliphatic rings. The number of nitrogens with zero attached hydrogens (tertiary/aromatic N) is 2. The van der Waals surface area contributed by atoms with Crippen molar-refractivity contribution in [3.8, 4) is 11.5 Å². The van der Waals surface area contributed by atoms with Crippen LogP contribution in [0, 0.1) is 5.92 Å². The normalized spacial score (nSPS) is 46.0. The van der Waals surface area contributed by atoms with Crippen LogP contribution in [0.4, 0.5) is 5.69 Å². The molecular formula is C23H26N2O7. The third kappa shape index (κ3) is 1.85. The van der Waals surface area contributed by atoms with Crippen LogP contribution in [0.3, 0.4) is 0 Å². The second-order valence-electron chi connectivity index (χ2n) is 10.3. The number of likely N-dealkylation sites (N-methyl/N-ethyl adjacent to an activating group) is 1. The average molecular weight is 442 g/mol. The highest BCUT2D eigenvalue weighted by atomic mass is 16.7. The van der Waals surface area contributed by atoms with Gasteiger partial charge in [-0.05, 0) is 31.6 Å². The van der Waals surface area contributed by atoms with E-state index in [1.807, 2.05) is 7.05 Å². The molecule has 1 aromatic rings. The first-order valence-electron chi connectivity index (χ1n) is 11.2. The second kappa shape index (κ2) is 5.64. The third-order valence-electron chi connectivity index (χ3n) is 9.11. The lowest BCUT2D eigenvalue weighted by atomic mass is 9.52. The monoisotopic (exact) mass is 442 g/mol. The molecule has 1 aromatic carbocycles. The number of aromatic hydroxyl groups is 1. The van der Waals surface area contributed by atoms with Gasteiger partial charge >= 0.3 is 0 Å². The van der Waals surface area contributed by atoms with Crippen LogP contribution in [0.1, 0.15) is 24.8 Å². The third-order valence-corrected chi connectivity index (χ3v) is 9.11. The van der Waals surface area contributed by atoms with E-state index in [1.54, 1.807) is 17.0 Å². The molecule has 0 aromatic heterocycles. The van der Waals surface area contributed by atoms with Gasteiger partial charge in [0.15, 0.2) is 11.5 Å². The molecular weight excluding hydrogens is 416 g/mol. The topological polar surface area (TPSA) is 112 Å². The van der Waals surface area contributed by atoms with Gasteiger partial charge in [0, 0.05) is 18.9 Å². The van der Waals surface area contributed by atoms with E-state index in [2.05, 4.69) is 4.90 Å². The number of methoxy groups -OCH3 is 1. The SMILES string of the molecule is COc1ccc2c(c1O)N1C(=O)CC3OCC4OC45CN(C)CCC24C(=O)CC5(O)C3C14. The fraction of sp³-hybridized carbons (Fsp3) is 0.652. The van der Waals surface area contributed by atoms with E-state index in [9.17, 15) is 19.8 Å². The number of phenolic OH excluding ortho intramolecular Hbond substituents is 1. The van der Waals surface area contributed by atoms with Gasteiger partial charge in [0.1, 0.15) is 23.1 Å². The number of phenols is 1. The maximum atomic E-state index is 14.1. The van der Waals surface area contributed by atoms with Gasteiger partial charge in [-0.2, -0.15) is 0 Å². The van der Waals surface area contributed by atoms with E-state index in [1.165, 1.54) is 7.11 Å². The zero-order chi connectivity index (χ0) is 22.2. The van der Waals surface area contributed by atoms with Gasteiger partial charge in [0.25, 0.3) is 0 Å². The average Bonchev–Trinajstić information content (AvgIpc) is 3.37. The highest BCUT2D eigenvalue weighted by Gasteiger charge is 2.81. The van der Waals surface area contributed by atoms with Crippen LogP contribution in [-0.4, -0.2) is 90.1 Å². The van der Waals surface area contributed by atoms with Gasteiger partial charge < -0.3 is 34.2 Å². The number of fused-ring (bicyclic) bond motifs is 6. The molecule has 8 rings (SSSR count). The minimum absolute atomic E-state index is 0.0490. The molecule has 1 aliphatic carbocycles. The number of hydrogen-bond donors (Lipinski definition) is 2. The fourth-order valence-corrected chi connectivity index (χ4v) is 7.72. The molecule has 32 heavy (non-hydrogen) atoms. The van der Waals surface area contributed by atoms with Gasteiger partial charge in [0.05, 0.1) is 43.4 Å². The number of rotatable bonds is 1. The van der Waals surface area contributed by atoms with Crippen LogP contribution in [0.5, 0.6) is 11.5 Å². The van der Waals surface area contributed by atoms with E-state index in [0.717, 1.165) is 0 Å². The maximum Gasteiger partial charge on any atom is 0.230 e. The molecule has 9 heteroatoms. The lowest BCUT2D eigenvalue weighted by Gasteiger charge is -2.57. The molecule has 170 valence electrons. The van der Waals surface area contributed by atoms with Crippen LogP contribution in [0.15, 0.2) is 12.1 Å². The number of carbonyl (C=O) groups excluding carboxylic acids is 2. The summed E-state index contributed by atoms with van der Waals surface area (Å²) >= 11 is 0. The summed E-state index contributed by atoms with van der Waals surface area (Å²) in [5.41, 5.74) is -2.40. The molecule has 1 saturated carbocycles. The quantitative estimate of drug-likeness (QED) is 0.583. The number of epoxide rings is 1. The number of amides is 1. The highest BCUT2D eigenvalue weighted by Crippen LogP contribution is 2.67. The van der Waals surface area contributed by atoms with Gasteiger partial charge in [0.2, 0.25) is 5.91 Å². The summed E-state index contributed by atoms with van der Waals surface area (Å²) in [6.07, 6.45) is -0.291.